The standard InChI is InChI=1S/C27H31N3O5/c1-27(2,3)35-25(32)22-14-19-18-12-8-9-13-20(18)29-24(19)21(15-23(31)34-4)30(22)26(33)28-16-17-10-6-5-7-11-17/h5-13,21-22,29H,14-16H2,1-4H3,(H,28,33)/t21-,22+/m1/s1. The van der Waals surface area contributed by atoms with Crippen LogP contribution in [0, 0.1) is 0 Å². The Balaban J connectivity index is 1.76. The maximum absolute atomic E-state index is 13.6. The Morgan fingerprint density at radius 1 is 1.06 bits per heavy atom. The third kappa shape index (κ3) is 5.31. The van der Waals surface area contributed by atoms with Gasteiger partial charge in [0.2, 0.25) is 0 Å². The van der Waals surface area contributed by atoms with Crippen molar-refractivity contribution in [3.05, 3.63) is 71.4 Å². The molecule has 2 heterocycles. The number of rotatable bonds is 5. The average Bonchev–Trinajstić information content (AvgIpc) is 3.20. The minimum absolute atomic E-state index is 0.103. The third-order valence-electron chi connectivity index (χ3n) is 6.04. The topological polar surface area (TPSA) is 101 Å². The summed E-state index contributed by atoms with van der Waals surface area (Å²) in [5.74, 6) is -0.997. The SMILES string of the molecule is COC(=O)C[C@@H]1c2[nH]c3ccccc3c2C[C@@H](C(=O)OC(C)(C)C)N1C(=O)NCc1ccccc1. The molecule has 35 heavy (non-hydrogen) atoms. The second-order valence-corrected chi connectivity index (χ2v) is 9.66. The molecule has 8 nitrogen and oxygen atoms in total. The first kappa shape index (κ1) is 24.3. The zero-order chi connectivity index (χ0) is 25.2. The van der Waals surface area contributed by atoms with E-state index in [1.807, 2.05) is 54.6 Å². The lowest BCUT2D eigenvalue weighted by molar-refractivity contribution is -0.162. The summed E-state index contributed by atoms with van der Waals surface area (Å²) in [5.41, 5.74) is 2.69. The van der Waals surface area contributed by atoms with Crippen LogP contribution in [-0.4, -0.2) is 46.6 Å². The highest BCUT2D eigenvalue weighted by Crippen LogP contribution is 2.40. The molecule has 2 atom stereocenters. The molecular weight excluding hydrogens is 446 g/mol. The number of ether oxygens (including phenoxy) is 2. The molecule has 2 amide bonds. The highest BCUT2D eigenvalue weighted by molar-refractivity contribution is 5.90. The monoisotopic (exact) mass is 477 g/mol. The summed E-state index contributed by atoms with van der Waals surface area (Å²) in [7, 11) is 1.31. The van der Waals surface area contributed by atoms with E-state index < -0.39 is 35.7 Å². The first-order chi connectivity index (χ1) is 16.7. The average molecular weight is 478 g/mol. The van der Waals surface area contributed by atoms with E-state index >= 15 is 0 Å². The molecule has 0 saturated carbocycles. The van der Waals surface area contributed by atoms with Crippen LogP contribution in [0.5, 0.6) is 0 Å². The largest absolute Gasteiger partial charge is 0.469 e. The van der Waals surface area contributed by atoms with Gasteiger partial charge >= 0.3 is 18.0 Å². The molecule has 0 aliphatic carbocycles. The molecule has 0 unspecified atom stereocenters. The number of para-hydroxylation sites is 1. The van der Waals surface area contributed by atoms with E-state index in [0.29, 0.717) is 0 Å². The number of carbonyl (C=O) groups excluding carboxylic acids is 3. The van der Waals surface area contributed by atoms with E-state index in [1.54, 1.807) is 20.8 Å². The van der Waals surface area contributed by atoms with Gasteiger partial charge in [-0.25, -0.2) is 9.59 Å². The van der Waals surface area contributed by atoms with Gasteiger partial charge < -0.3 is 24.7 Å². The van der Waals surface area contributed by atoms with Gasteiger partial charge in [-0.2, -0.15) is 0 Å². The second kappa shape index (κ2) is 9.82. The van der Waals surface area contributed by atoms with Crippen LogP contribution in [0.1, 0.15) is 50.1 Å². The molecule has 1 aliphatic heterocycles. The zero-order valence-corrected chi connectivity index (χ0v) is 20.5. The van der Waals surface area contributed by atoms with Crippen molar-refractivity contribution in [1.82, 2.24) is 15.2 Å². The number of urea groups is 1. The predicted molar refractivity (Wildman–Crippen MR) is 132 cm³/mol. The van der Waals surface area contributed by atoms with Crippen LogP contribution in [0.15, 0.2) is 54.6 Å². The molecule has 1 aromatic heterocycles. The van der Waals surface area contributed by atoms with Gasteiger partial charge in [-0.3, -0.25) is 4.79 Å². The fourth-order valence-electron chi connectivity index (χ4n) is 4.53. The van der Waals surface area contributed by atoms with Crippen molar-refractivity contribution < 1.29 is 23.9 Å². The highest BCUT2D eigenvalue weighted by atomic mass is 16.6. The minimum Gasteiger partial charge on any atom is -0.469 e. The van der Waals surface area contributed by atoms with Crippen molar-refractivity contribution in [2.45, 2.75) is 57.8 Å². The number of nitrogens with zero attached hydrogens (tertiary/aromatic N) is 1. The number of benzene rings is 2. The first-order valence-corrected chi connectivity index (χ1v) is 11.7. The predicted octanol–water partition coefficient (Wildman–Crippen LogP) is 4.25. The third-order valence-corrected chi connectivity index (χ3v) is 6.04. The van der Waals surface area contributed by atoms with Gasteiger partial charge in [0.1, 0.15) is 11.6 Å². The zero-order valence-electron chi connectivity index (χ0n) is 20.5. The maximum Gasteiger partial charge on any atom is 0.329 e. The molecule has 1 aliphatic rings. The lowest BCUT2D eigenvalue weighted by Gasteiger charge is -2.41. The fourth-order valence-corrected chi connectivity index (χ4v) is 4.53. The molecule has 184 valence electrons. The van der Waals surface area contributed by atoms with Crippen molar-refractivity contribution in [2.75, 3.05) is 7.11 Å². The summed E-state index contributed by atoms with van der Waals surface area (Å²) in [4.78, 5) is 44.3. The Morgan fingerprint density at radius 2 is 1.74 bits per heavy atom. The van der Waals surface area contributed by atoms with E-state index in [1.165, 1.54) is 12.0 Å². The van der Waals surface area contributed by atoms with Crippen molar-refractivity contribution >= 4 is 28.9 Å². The van der Waals surface area contributed by atoms with Crippen LogP contribution in [-0.2, 0) is 32.0 Å². The number of hydrogen-bond donors (Lipinski definition) is 2. The summed E-state index contributed by atoms with van der Waals surface area (Å²) in [6.45, 7) is 5.64. The summed E-state index contributed by atoms with van der Waals surface area (Å²) >= 11 is 0. The number of carbonyl (C=O) groups is 3. The summed E-state index contributed by atoms with van der Waals surface area (Å²) < 4.78 is 10.7. The first-order valence-electron chi connectivity index (χ1n) is 11.7. The molecule has 3 aromatic rings. The smallest absolute Gasteiger partial charge is 0.329 e. The molecule has 2 aromatic carbocycles. The summed E-state index contributed by atoms with van der Waals surface area (Å²) in [5, 5.41) is 3.87. The van der Waals surface area contributed by atoms with E-state index in [4.69, 9.17) is 9.47 Å². The number of esters is 2. The second-order valence-electron chi connectivity index (χ2n) is 9.66. The van der Waals surface area contributed by atoms with Gasteiger partial charge in [-0.1, -0.05) is 48.5 Å². The molecule has 2 N–H and O–H groups in total. The number of nitrogens with one attached hydrogen (secondary N) is 2. The van der Waals surface area contributed by atoms with Gasteiger partial charge in [0.25, 0.3) is 0 Å². The van der Waals surface area contributed by atoms with E-state index in [0.717, 1.165) is 27.7 Å². The van der Waals surface area contributed by atoms with Crippen LogP contribution in [0.25, 0.3) is 10.9 Å². The summed E-state index contributed by atoms with van der Waals surface area (Å²) in [6, 6.07) is 15.1. The molecule has 0 saturated heterocycles. The lowest BCUT2D eigenvalue weighted by atomic mass is 9.90. The van der Waals surface area contributed by atoms with Crippen LogP contribution >= 0.6 is 0 Å². The van der Waals surface area contributed by atoms with Gasteiger partial charge in [0, 0.05) is 29.6 Å². The quantitative estimate of drug-likeness (QED) is 0.535. The number of fused-ring (bicyclic) bond motifs is 3. The summed E-state index contributed by atoms with van der Waals surface area (Å²) in [6.07, 6.45) is 0.166. The Hall–Kier alpha value is -3.81. The van der Waals surface area contributed by atoms with Gasteiger partial charge in [-0.05, 0) is 38.0 Å². The fraction of sp³-hybridized carbons (Fsp3) is 0.370. The number of amides is 2. The van der Waals surface area contributed by atoms with Crippen LogP contribution in [0.4, 0.5) is 4.79 Å². The Kier molecular flexibility index (Phi) is 6.82. The molecule has 8 heteroatoms. The van der Waals surface area contributed by atoms with E-state index in [9.17, 15) is 14.4 Å². The van der Waals surface area contributed by atoms with Gasteiger partial charge in [0.05, 0.1) is 19.6 Å². The molecule has 0 fully saturated rings. The Labute approximate surface area is 204 Å². The van der Waals surface area contributed by atoms with Crippen LogP contribution in [0.3, 0.4) is 0 Å². The number of hydrogen-bond acceptors (Lipinski definition) is 5. The Bertz CT molecular complexity index is 1230. The van der Waals surface area contributed by atoms with E-state index in [2.05, 4.69) is 10.3 Å². The van der Waals surface area contributed by atoms with Gasteiger partial charge in [0.15, 0.2) is 0 Å². The van der Waals surface area contributed by atoms with Gasteiger partial charge in [-0.15, -0.1) is 0 Å². The lowest BCUT2D eigenvalue weighted by Crippen LogP contribution is -2.56. The van der Waals surface area contributed by atoms with Crippen molar-refractivity contribution in [2.24, 2.45) is 0 Å². The van der Waals surface area contributed by atoms with Crippen molar-refractivity contribution in [1.29, 1.82) is 0 Å². The minimum atomic E-state index is -0.911. The van der Waals surface area contributed by atoms with Crippen molar-refractivity contribution in [3.8, 4) is 0 Å². The maximum atomic E-state index is 13.6. The number of aromatic nitrogens is 1. The Morgan fingerprint density at radius 3 is 2.43 bits per heavy atom. The van der Waals surface area contributed by atoms with Crippen molar-refractivity contribution in [3.63, 3.8) is 0 Å². The highest BCUT2D eigenvalue weighted by Gasteiger charge is 2.45. The number of aromatic amines is 1. The molecule has 4 rings (SSSR count). The molecule has 0 bridgehead atoms. The van der Waals surface area contributed by atoms with Crippen LogP contribution < -0.4 is 5.32 Å². The molecule has 0 spiro atoms. The normalized spacial score (nSPS) is 17.5. The van der Waals surface area contributed by atoms with E-state index in [-0.39, 0.29) is 19.4 Å². The molecular formula is C27H31N3O5. The van der Waals surface area contributed by atoms with Crippen LogP contribution in [0.2, 0.25) is 0 Å². The number of methoxy groups -OCH3 is 1. The molecule has 0 radical (unpaired) electrons. The number of H-pyrrole nitrogens is 1.